The van der Waals surface area contributed by atoms with E-state index in [4.69, 9.17) is 4.74 Å². The molecule has 3 heterocycles. The molecule has 2 aromatic heterocycles. The summed E-state index contributed by atoms with van der Waals surface area (Å²) < 4.78 is 5.54. The van der Waals surface area contributed by atoms with Crippen molar-refractivity contribution in [2.45, 2.75) is 31.2 Å². The predicted octanol–water partition coefficient (Wildman–Crippen LogP) is 4.56. The molecule has 1 aromatic carbocycles. The first kappa shape index (κ1) is 22.5. The number of carbonyl (C=O) groups is 2. The van der Waals surface area contributed by atoms with Crippen LogP contribution >= 0.6 is 23.1 Å². The van der Waals surface area contributed by atoms with Crippen molar-refractivity contribution in [3.8, 4) is 16.9 Å². The number of thioether (sulfide) groups is 1. The molecule has 1 amide bonds. The second-order valence-electron chi connectivity index (χ2n) is 7.58. The lowest BCUT2D eigenvalue weighted by Gasteiger charge is -2.30. The summed E-state index contributed by atoms with van der Waals surface area (Å²) >= 11 is 3.12. The highest BCUT2D eigenvalue weighted by Crippen LogP contribution is 2.38. The molecule has 0 aliphatic carbocycles. The predicted molar refractivity (Wildman–Crippen MR) is 126 cm³/mol. The number of nitrogens with zero attached hydrogens (tertiary/aromatic N) is 3. The first-order valence-electron chi connectivity index (χ1n) is 10.7. The van der Waals surface area contributed by atoms with Gasteiger partial charge in [-0.2, -0.15) is 0 Å². The van der Waals surface area contributed by atoms with E-state index in [2.05, 4.69) is 15.3 Å². The minimum Gasteiger partial charge on any atom is -0.494 e. The Kier molecular flexibility index (Phi) is 7.26. The number of aliphatic carboxylic acids is 1. The molecule has 4 rings (SSSR count). The molecule has 32 heavy (non-hydrogen) atoms. The largest absolute Gasteiger partial charge is 0.494 e. The molecule has 1 atom stereocenters. The third-order valence-electron chi connectivity index (χ3n) is 5.49. The van der Waals surface area contributed by atoms with Crippen LogP contribution < -0.4 is 4.74 Å². The van der Waals surface area contributed by atoms with Gasteiger partial charge in [0.05, 0.1) is 17.9 Å². The summed E-state index contributed by atoms with van der Waals surface area (Å²) in [4.78, 5) is 35.4. The van der Waals surface area contributed by atoms with Gasteiger partial charge in [-0.05, 0) is 37.5 Å². The van der Waals surface area contributed by atoms with Crippen molar-refractivity contribution in [3.05, 3.63) is 36.0 Å². The molecule has 1 aliphatic heterocycles. The summed E-state index contributed by atoms with van der Waals surface area (Å²) in [5.74, 6) is 0.148. The number of piperidine rings is 1. The maximum Gasteiger partial charge on any atom is 0.308 e. The number of fused-ring (bicyclic) bond motifs is 1. The van der Waals surface area contributed by atoms with E-state index in [1.54, 1.807) is 34.3 Å². The molecule has 3 aromatic rings. The van der Waals surface area contributed by atoms with E-state index in [1.807, 2.05) is 31.2 Å². The van der Waals surface area contributed by atoms with E-state index < -0.39 is 11.9 Å². The number of rotatable bonds is 8. The van der Waals surface area contributed by atoms with E-state index in [-0.39, 0.29) is 5.91 Å². The molecule has 1 N–H and O–H groups in total. The number of carboxylic acid groups (broad SMARTS) is 1. The molecule has 1 aliphatic rings. The van der Waals surface area contributed by atoms with Crippen LogP contribution in [-0.2, 0) is 9.59 Å². The van der Waals surface area contributed by atoms with Crippen molar-refractivity contribution in [1.29, 1.82) is 0 Å². The molecule has 1 fully saturated rings. The van der Waals surface area contributed by atoms with Gasteiger partial charge in [0.2, 0.25) is 5.91 Å². The van der Waals surface area contributed by atoms with Crippen LogP contribution in [0.25, 0.3) is 21.3 Å². The van der Waals surface area contributed by atoms with Gasteiger partial charge < -0.3 is 14.7 Å². The second kappa shape index (κ2) is 10.3. The summed E-state index contributed by atoms with van der Waals surface area (Å²) in [5, 5.41) is 13.2. The minimum atomic E-state index is -0.820. The molecule has 7 nitrogen and oxygen atoms in total. The maximum absolute atomic E-state index is 12.6. The number of ether oxygens (including phenoxy) is 1. The summed E-state index contributed by atoms with van der Waals surface area (Å²) in [5.41, 5.74) is 2.14. The van der Waals surface area contributed by atoms with Gasteiger partial charge in [0.15, 0.2) is 0 Å². The Hall–Kier alpha value is -2.65. The first-order valence-corrected chi connectivity index (χ1v) is 12.5. The molecule has 0 bridgehead atoms. The molecule has 9 heteroatoms. The number of aromatic nitrogens is 2. The average Bonchev–Trinajstić information content (AvgIpc) is 3.25. The highest BCUT2D eigenvalue weighted by atomic mass is 32.2. The first-order chi connectivity index (χ1) is 15.6. The molecule has 0 saturated carbocycles. The van der Waals surface area contributed by atoms with Crippen LogP contribution in [0.4, 0.5) is 0 Å². The molecule has 168 valence electrons. The Morgan fingerprint density at radius 2 is 2.09 bits per heavy atom. The van der Waals surface area contributed by atoms with Gasteiger partial charge in [-0.25, -0.2) is 9.97 Å². The number of likely N-dealkylation sites (tertiary alicyclic amines) is 1. The number of thiophene rings is 1. The van der Waals surface area contributed by atoms with Gasteiger partial charge in [0, 0.05) is 36.2 Å². The van der Waals surface area contributed by atoms with Gasteiger partial charge in [0.1, 0.15) is 21.9 Å². The quantitative estimate of drug-likeness (QED) is 0.380. The number of benzene rings is 1. The fourth-order valence-corrected chi connectivity index (χ4v) is 5.79. The standard InChI is InChI=1S/C23H25N3O4S2/c1-2-30-17-7-5-15(6-8-17)18-13-32-22-20(18)21(24-14-25-22)31-11-9-19(27)26-10-3-4-16(12-26)23(28)29/h5-8,13-14,16H,2-4,9-12H2,1H3,(H,28,29). The van der Waals surface area contributed by atoms with Crippen molar-refractivity contribution in [2.75, 3.05) is 25.4 Å². The van der Waals surface area contributed by atoms with Crippen molar-refractivity contribution < 1.29 is 19.4 Å². The zero-order chi connectivity index (χ0) is 22.5. The van der Waals surface area contributed by atoms with Gasteiger partial charge in [0.25, 0.3) is 0 Å². The Morgan fingerprint density at radius 1 is 1.28 bits per heavy atom. The van der Waals surface area contributed by atoms with Crippen LogP contribution in [0.1, 0.15) is 26.2 Å². The van der Waals surface area contributed by atoms with Crippen LogP contribution in [-0.4, -0.2) is 57.3 Å². The van der Waals surface area contributed by atoms with Crippen LogP contribution in [0.2, 0.25) is 0 Å². The topological polar surface area (TPSA) is 92.6 Å². The lowest BCUT2D eigenvalue weighted by atomic mass is 9.98. The molecule has 1 saturated heterocycles. The Balaban J connectivity index is 1.45. The summed E-state index contributed by atoms with van der Waals surface area (Å²) in [6, 6.07) is 7.99. The van der Waals surface area contributed by atoms with Crippen LogP contribution in [0.15, 0.2) is 41.0 Å². The summed E-state index contributed by atoms with van der Waals surface area (Å²) in [7, 11) is 0. The van der Waals surface area contributed by atoms with Crippen LogP contribution in [0.3, 0.4) is 0 Å². The summed E-state index contributed by atoms with van der Waals surface area (Å²) in [6.45, 7) is 3.53. The number of hydrogen-bond acceptors (Lipinski definition) is 7. The number of carbonyl (C=O) groups excluding carboxylic acids is 1. The molecular formula is C23H25N3O4S2. The Bertz CT molecular complexity index is 1100. The van der Waals surface area contributed by atoms with Gasteiger partial charge in [-0.1, -0.05) is 12.1 Å². The van der Waals surface area contributed by atoms with E-state index >= 15 is 0 Å². The van der Waals surface area contributed by atoms with Gasteiger partial charge in [-0.15, -0.1) is 23.1 Å². The van der Waals surface area contributed by atoms with E-state index in [0.717, 1.165) is 38.5 Å². The fraction of sp³-hybridized carbons (Fsp3) is 0.391. The lowest BCUT2D eigenvalue weighted by molar-refractivity contribution is -0.145. The highest BCUT2D eigenvalue weighted by molar-refractivity contribution is 7.99. The van der Waals surface area contributed by atoms with E-state index in [1.165, 1.54) is 0 Å². The normalized spacial score (nSPS) is 16.3. The fourth-order valence-electron chi connectivity index (χ4n) is 3.87. The maximum atomic E-state index is 12.6. The third kappa shape index (κ3) is 5.05. The van der Waals surface area contributed by atoms with Crippen molar-refractivity contribution in [2.24, 2.45) is 5.92 Å². The zero-order valence-corrected chi connectivity index (χ0v) is 19.5. The van der Waals surface area contributed by atoms with E-state index in [0.29, 0.717) is 38.3 Å². The average molecular weight is 472 g/mol. The third-order valence-corrected chi connectivity index (χ3v) is 7.37. The number of carboxylic acids is 1. The monoisotopic (exact) mass is 471 g/mol. The Morgan fingerprint density at radius 3 is 2.84 bits per heavy atom. The Labute approximate surface area is 194 Å². The zero-order valence-electron chi connectivity index (χ0n) is 17.8. The van der Waals surface area contributed by atoms with E-state index in [9.17, 15) is 14.7 Å². The SMILES string of the molecule is CCOc1ccc(-c2csc3ncnc(SCCC(=O)N4CCCC(C(=O)O)C4)c23)cc1. The number of amides is 1. The van der Waals surface area contributed by atoms with Crippen molar-refractivity contribution in [1.82, 2.24) is 14.9 Å². The van der Waals surface area contributed by atoms with Gasteiger partial charge >= 0.3 is 5.97 Å². The minimum absolute atomic E-state index is 0.00538. The summed E-state index contributed by atoms with van der Waals surface area (Å²) in [6.07, 6.45) is 3.29. The molecule has 0 spiro atoms. The van der Waals surface area contributed by atoms with Crippen molar-refractivity contribution in [3.63, 3.8) is 0 Å². The molecular weight excluding hydrogens is 446 g/mol. The number of hydrogen-bond donors (Lipinski definition) is 1. The second-order valence-corrected chi connectivity index (χ2v) is 9.52. The molecule has 0 radical (unpaired) electrons. The van der Waals surface area contributed by atoms with Crippen molar-refractivity contribution >= 4 is 45.2 Å². The highest BCUT2D eigenvalue weighted by Gasteiger charge is 2.27. The van der Waals surface area contributed by atoms with Crippen LogP contribution in [0, 0.1) is 5.92 Å². The van der Waals surface area contributed by atoms with Gasteiger partial charge in [-0.3, -0.25) is 9.59 Å². The smallest absolute Gasteiger partial charge is 0.308 e. The lowest BCUT2D eigenvalue weighted by Crippen LogP contribution is -2.42. The molecule has 1 unspecified atom stereocenters. The van der Waals surface area contributed by atoms with Crippen LogP contribution in [0.5, 0.6) is 5.75 Å².